The Labute approximate surface area is 158 Å². The van der Waals surface area contributed by atoms with Crippen molar-refractivity contribution in [1.29, 1.82) is 0 Å². The van der Waals surface area contributed by atoms with E-state index in [4.69, 9.17) is 14.2 Å². The summed E-state index contributed by atoms with van der Waals surface area (Å²) >= 11 is 0. The van der Waals surface area contributed by atoms with Gasteiger partial charge in [0.15, 0.2) is 11.5 Å². The average Bonchev–Trinajstić information content (AvgIpc) is 3.47. The smallest absolute Gasteiger partial charge is 0.231 e. The molecule has 3 aliphatic rings. The molecule has 2 fully saturated rings. The molecule has 0 amide bonds. The fourth-order valence-electron chi connectivity index (χ4n) is 3.66. The molecule has 0 unspecified atom stereocenters. The number of nitrogens with zero attached hydrogens (tertiary/aromatic N) is 1. The van der Waals surface area contributed by atoms with Crippen molar-refractivity contribution in [3.05, 3.63) is 59.7 Å². The highest BCUT2D eigenvalue weighted by molar-refractivity contribution is 7.90. The molecule has 6 nitrogen and oxygen atoms in total. The summed E-state index contributed by atoms with van der Waals surface area (Å²) in [4.78, 5) is 0. The van der Waals surface area contributed by atoms with Crippen molar-refractivity contribution in [2.24, 2.45) is 0 Å². The quantitative estimate of drug-likeness (QED) is 0.807. The van der Waals surface area contributed by atoms with Crippen LogP contribution in [0.5, 0.6) is 11.5 Å². The summed E-state index contributed by atoms with van der Waals surface area (Å²) in [6, 6.07) is 15.5. The molecule has 0 N–H and O–H groups in total. The highest BCUT2D eigenvalue weighted by atomic mass is 32.2. The topological polar surface area (TPSA) is 65.1 Å². The molecule has 0 spiro atoms. The Morgan fingerprint density at radius 3 is 2.30 bits per heavy atom. The molecular weight excluding hydrogens is 366 g/mol. The highest BCUT2D eigenvalue weighted by Crippen LogP contribution is 2.41. The predicted molar refractivity (Wildman–Crippen MR) is 99.1 cm³/mol. The van der Waals surface area contributed by atoms with Crippen LogP contribution in [0.1, 0.15) is 36.2 Å². The first-order chi connectivity index (χ1) is 13.1. The molecule has 0 radical (unpaired) electrons. The van der Waals surface area contributed by atoms with Crippen molar-refractivity contribution in [2.75, 3.05) is 19.9 Å². The number of benzene rings is 2. The summed E-state index contributed by atoms with van der Waals surface area (Å²) in [6.07, 6.45) is 0.852. The lowest BCUT2D eigenvalue weighted by Gasteiger charge is -2.38. The van der Waals surface area contributed by atoms with Gasteiger partial charge >= 0.3 is 0 Å². The molecule has 0 bridgehead atoms. The van der Waals surface area contributed by atoms with Crippen LogP contribution in [-0.4, -0.2) is 37.9 Å². The van der Waals surface area contributed by atoms with Gasteiger partial charge in [-0.1, -0.05) is 36.4 Å². The Kier molecular flexibility index (Phi) is 4.11. The van der Waals surface area contributed by atoms with E-state index in [1.54, 1.807) is 4.31 Å². The third-order valence-corrected chi connectivity index (χ3v) is 7.64. The van der Waals surface area contributed by atoms with E-state index in [-0.39, 0.29) is 24.3 Å². The van der Waals surface area contributed by atoms with Crippen molar-refractivity contribution >= 4 is 10.0 Å². The van der Waals surface area contributed by atoms with Gasteiger partial charge in [0.25, 0.3) is 0 Å². The van der Waals surface area contributed by atoms with Gasteiger partial charge in [0.1, 0.15) is 0 Å². The zero-order valence-corrected chi connectivity index (χ0v) is 15.6. The maximum Gasteiger partial charge on any atom is 0.231 e. The third-order valence-electron chi connectivity index (χ3n) is 5.31. The monoisotopic (exact) mass is 387 g/mol. The van der Waals surface area contributed by atoms with E-state index in [9.17, 15) is 8.42 Å². The van der Waals surface area contributed by atoms with Crippen molar-refractivity contribution in [3.8, 4) is 11.5 Å². The fraction of sp³-hybridized carbons (Fsp3) is 0.400. The van der Waals surface area contributed by atoms with E-state index < -0.39 is 10.0 Å². The van der Waals surface area contributed by atoms with Crippen LogP contribution in [0.3, 0.4) is 0 Å². The van der Waals surface area contributed by atoms with Crippen LogP contribution in [0.4, 0.5) is 0 Å². The van der Waals surface area contributed by atoms with E-state index in [1.807, 2.05) is 48.5 Å². The van der Waals surface area contributed by atoms with Crippen LogP contribution in [0.15, 0.2) is 48.5 Å². The van der Waals surface area contributed by atoms with Gasteiger partial charge in [-0.25, -0.2) is 8.42 Å². The van der Waals surface area contributed by atoms with Crippen molar-refractivity contribution in [1.82, 2.24) is 4.31 Å². The first-order valence-corrected chi connectivity index (χ1v) is 10.7. The number of morpholine rings is 1. The molecule has 1 aliphatic carbocycles. The molecule has 2 aromatic carbocycles. The van der Waals surface area contributed by atoms with Crippen LogP contribution in [-0.2, 0) is 14.8 Å². The predicted octanol–water partition coefficient (Wildman–Crippen LogP) is 3.02. The fourth-order valence-corrected chi connectivity index (χ4v) is 5.50. The number of hydrogen-bond acceptors (Lipinski definition) is 5. The van der Waals surface area contributed by atoms with E-state index in [0.29, 0.717) is 24.6 Å². The van der Waals surface area contributed by atoms with Crippen molar-refractivity contribution < 1.29 is 22.6 Å². The molecule has 27 heavy (non-hydrogen) atoms. The number of ether oxygens (including phenoxy) is 3. The van der Waals surface area contributed by atoms with Gasteiger partial charge in [-0.05, 0) is 36.1 Å². The largest absolute Gasteiger partial charge is 0.454 e. The summed E-state index contributed by atoms with van der Waals surface area (Å²) < 4.78 is 44.6. The summed E-state index contributed by atoms with van der Waals surface area (Å²) in [5.41, 5.74) is 1.88. The van der Waals surface area contributed by atoms with Gasteiger partial charge < -0.3 is 14.2 Å². The molecular formula is C20H21NO5S. The number of rotatable bonds is 4. The molecule has 2 aromatic rings. The molecule has 142 valence electrons. The third kappa shape index (κ3) is 3.20. The molecule has 2 atom stereocenters. The lowest BCUT2D eigenvalue weighted by Crippen LogP contribution is -2.45. The van der Waals surface area contributed by atoms with Crippen LogP contribution < -0.4 is 9.47 Å². The Morgan fingerprint density at radius 2 is 1.56 bits per heavy atom. The minimum atomic E-state index is -3.28. The average molecular weight is 387 g/mol. The van der Waals surface area contributed by atoms with Crippen molar-refractivity contribution in [2.45, 2.75) is 30.3 Å². The van der Waals surface area contributed by atoms with Gasteiger partial charge in [0, 0.05) is 13.1 Å². The Bertz CT molecular complexity index is 942. The summed E-state index contributed by atoms with van der Waals surface area (Å²) in [6.45, 7) is 0.880. The van der Waals surface area contributed by atoms with Gasteiger partial charge in [-0.3, -0.25) is 0 Å². The van der Waals surface area contributed by atoms with Gasteiger partial charge in [0.2, 0.25) is 16.8 Å². The first kappa shape index (κ1) is 17.0. The Balaban J connectivity index is 1.48. The number of hydrogen-bond donors (Lipinski definition) is 0. The Morgan fingerprint density at radius 1 is 0.852 bits per heavy atom. The molecule has 1 saturated heterocycles. The summed E-state index contributed by atoms with van der Waals surface area (Å²) in [7, 11) is -3.28. The molecule has 1 saturated carbocycles. The zero-order chi connectivity index (χ0) is 18.4. The van der Waals surface area contributed by atoms with E-state index >= 15 is 0 Å². The minimum Gasteiger partial charge on any atom is -0.454 e. The maximum atomic E-state index is 12.9. The standard InChI is InChI=1S/C20H21NO5S/c22-27(23,16-7-8-16)21-11-19(14-4-2-1-3-5-14)26-20(12-21)15-6-9-17-18(10-15)25-13-24-17/h1-6,9-10,16,19-20H,7-8,11-13H2/t19-,20+/m0/s1. The molecule has 0 aromatic heterocycles. The summed E-state index contributed by atoms with van der Waals surface area (Å²) in [5.74, 6) is 1.38. The molecule has 2 heterocycles. The second kappa shape index (κ2) is 6.51. The van der Waals surface area contributed by atoms with Gasteiger partial charge in [-0.2, -0.15) is 4.31 Å². The second-order valence-electron chi connectivity index (χ2n) is 7.20. The maximum absolute atomic E-state index is 12.9. The zero-order valence-electron chi connectivity index (χ0n) is 14.8. The van der Waals surface area contributed by atoms with E-state index in [1.165, 1.54) is 0 Å². The first-order valence-electron chi connectivity index (χ1n) is 9.20. The number of fused-ring (bicyclic) bond motifs is 1. The minimum absolute atomic E-state index is 0.207. The molecule has 2 aliphatic heterocycles. The lowest BCUT2D eigenvalue weighted by atomic mass is 10.0. The molecule has 7 heteroatoms. The van der Waals surface area contributed by atoms with Crippen LogP contribution in [0.2, 0.25) is 0 Å². The Hall–Kier alpha value is -2.09. The van der Waals surface area contributed by atoms with Crippen LogP contribution in [0, 0.1) is 0 Å². The number of sulfonamides is 1. The van der Waals surface area contributed by atoms with E-state index in [0.717, 1.165) is 24.0 Å². The lowest BCUT2D eigenvalue weighted by molar-refractivity contribution is -0.0672. The SMILES string of the molecule is O=S(=O)(C1CC1)N1C[C@@H](c2ccccc2)O[C@@H](c2ccc3c(c2)OCO3)C1. The normalized spacial score (nSPS) is 25.5. The van der Waals surface area contributed by atoms with Crippen LogP contribution >= 0.6 is 0 Å². The van der Waals surface area contributed by atoms with Gasteiger partial charge in [0.05, 0.1) is 17.5 Å². The van der Waals surface area contributed by atoms with E-state index in [2.05, 4.69) is 0 Å². The second-order valence-corrected chi connectivity index (χ2v) is 9.41. The van der Waals surface area contributed by atoms with Crippen molar-refractivity contribution in [3.63, 3.8) is 0 Å². The molecule has 5 rings (SSSR count). The summed E-state index contributed by atoms with van der Waals surface area (Å²) in [5, 5.41) is -0.232. The van der Waals surface area contributed by atoms with Gasteiger partial charge in [-0.15, -0.1) is 0 Å². The van der Waals surface area contributed by atoms with Crippen LogP contribution in [0.25, 0.3) is 0 Å². The highest BCUT2D eigenvalue weighted by Gasteiger charge is 2.44.